The second-order valence-corrected chi connectivity index (χ2v) is 6.11. The van der Waals surface area contributed by atoms with E-state index in [1.54, 1.807) is 0 Å². The summed E-state index contributed by atoms with van der Waals surface area (Å²) >= 11 is 0. The van der Waals surface area contributed by atoms with Crippen LogP contribution in [0.4, 0.5) is 0 Å². The highest BCUT2D eigenvalue weighted by atomic mass is 16.5. The summed E-state index contributed by atoms with van der Waals surface area (Å²) in [5.41, 5.74) is 0.0134. The molecule has 1 N–H and O–H groups in total. The van der Waals surface area contributed by atoms with Crippen molar-refractivity contribution in [2.75, 3.05) is 26.7 Å². The molecule has 3 nitrogen and oxygen atoms in total. The molecular formula is C13H26N2O. The molecular weight excluding hydrogens is 200 g/mol. The van der Waals surface area contributed by atoms with E-state index in [1.165, 1.54) is 19.4 Å². The lowest BCUT2D eigenvalue weighted by Crippen LogP contribution is -2.55. The number of rotatable bonds is 4. The zero-order chi connectivity index (χ0) is 11.8. The molecule has 1 heterocycles. The summed E-state index contributed by atoms with van der Waals surface area (Å²) in [5.74, 6) is 0.922. The Bertz CT molecular complexity index is 238. The van der Waals surface area contributed by atoms with Gasteiger partial charge >= 0.3 is 0 Å². The van der Waals surface area contributed by atoms with Crippen molar-refractivity contribution in [1.82, 2.24) is 10.2 Å². The Labute approximate surface area is 99.5 Å². The molecule has 1 saturated carbocycles. The van der Waals surface area contributed by atoms with Crippen LogP contribution in [0.5, 0.6) is 0 Å². The summed E-state index contributed by atoms with van der Waals surface area (Å²) in [6.45, 7) is 9.89. The number of hydrogen-bond acceptors (Lipinski definition) is 3. The number of nitrogens with one attached hydrogen (secondary N) is 1. The van der Waals surface area contributed by atoms with Gasteiger partial charge in [-0.2, -0.15) is 0 Å². The SMILES string of the molecule is CNC(CN1CC(C)OC(C)(C)C1)C1CC1. The largest absolute Gasteiger partial charge is 0.370 e. The van der Waals surface area contributed by atoms with E-state index in [-0.39, 0.29) is 5.60 Å². The molecule has 16 heavy (non-hydrogen) atoms. The van der Waals surface area contributed by atoms with Gasteiger partial charge in [0.2, 0.25) is 0 Å². The van der Waals surface area contributed by atoms with E-state index in [4.69, 9.17) is 4.74 Å². The first-order valence-corrected chi connectivity index (χ1v) is 6.57. The van der Waals surface area contributed by atoms with E-state index >= 15 is 0 Å². The Morgan fingerprint density at radius 2 is 2.12 bits per heavy atom. The van der Waals surface area contributed by atoms with Crippen LogP contribution in [0.1, 0.15) is 33.6 Å². The van der Waals surface area contributed by atoms with E-state index in [0.29, 0.717) is 12.1 Å². The first-order valence-electron chi connectivity index (χ1n) is 6.57. The zero-order valence-corrected chi connectivity index (χ0v) is 11.1. The van der Waals surface area contributed by atoms with Gasteiger partial charge in [0, 0.05) is 25.7 Å². The molecule has 94 valence electrons. The van der Waals surface area contributed by atoms with E-state index in [2.05, 4.69) is 38.0 Å². The molecule has 0 amide bonds. The van der Waals surface area contributed by atoms with Crippen molar-refractivity contribution in [3.63, 3.8) is 0 Å². The molecule has 0 bridgehead atoms. The standard InChI is InChI=1S/C13H26N2O/c1-10-7-15(9-13(2,3)16-10)8-12(14-4)11-5-6-11/h10-12,14H,5-9H2,1-4H3. The molecule has 2 unspecified atom stereocenters. The average Bonchev–Trinajstić information content (AvgIpc) is 2.93. The van der Waals surface area contributed by atoms with Gasteiger partial charge in [-0.25, -0.2) is 0 Å². The van der Waals surface area contributed by atoms with Crippen LogP contribution < -0.4 is 5.32 Å². The summed E-state index contributed by atoms with van der Waals surface area (Å²) in [6.07, 6.45) is 3.18. The highest BCUT2D eigenvalue weighted by Gasteiger charge is 2.35. The molecule has 3 heteroatoms. The van der Waals surface area contributed by atoms with Crippen LogP contribution in [0.25, 0.3) is 0 Å². The summed E-state index contributed by atoms with van der Waals surface area (Å²) in [7, 11) is 2.10. The summed E-state index contributed by atoms with van der Waals surface area (Å²) in [5, 5.41) is 3.47. The molecule has 0 aromatic rings. The minimum absolute atomic E-state index is 0.0134. The molecule has 1 aliphatic carbocycles. The number of morpholine rings is 1. The van der Waals surface area contributed by atoms with Crippen LogP contribution in [-0.2, 0) is 4.74 Å². The second-order valence-electron chi connectivity index (χ2n) is 6.11. The van der Waals surface area contributed by atoms with Crippen LogP contribution in [0.3, 0.4) is 0 Å². The molecule has 1 saturated heterocycles. The lowest BCUT2D eigenvalue weighted by Gasteiger charge is -2.43. The van der Waals surface area contributed by atoms with Gasteiger partial charge in [0.1, 0.15) is 0 Å². The van der Waals surface area contributed by atoms with Crippen molar-refractivity contribution < 1.29 is 4.74 Å². The summed E-state index contributed by atoms with van der Waals surface area (Å²) in [6, 6.07) is 0.682. The Balaban J connectivity index is 1.88. The van der Waals surface area contributed by atoms with E-state index in [0.717, 1.165) is 19.0 Å². The van der Waals surface area contributed by atoms with E-state index < -0.39 is 0 Å². The minimum Gasteiger partial charge on any atom is -0.370 e. The fourth-order valence-corrected chi connectivity index (χ4v) is 2.98. The third-order valence-electron chi connectivity index (χ3n) is 3.66. The number of hydrogen-bond donors (Lipinski definition) is 1. The highest BCUT2D eigenvalue weighted by molar-refractivity contribution is 4.90. The lowest BCUT2D eigenvalue weighted by molar-refractivity contribution is -0.130. The fourth-order valence-electron chi connectivity index (χ4n) is 2.98. The van der Waals surface area contributed by atoms with Crippen molar-refractivity contribution in [2.45, 2.75) is 51.4 Å². The van der Waals surface area contributed by atoms with Crippen LogP contribution in [-0.4, -0.2) is 49.3 Å². The normalized spacial score (nSPS) is 32.6. The maximum Gasteiger partial charge on any atom is 0.0757 e. The van der Waals surface area contributed by atoms with Gasteiger partial charge in [-0.3, -0.25) is 4.90 Å². The molecule has 2 aliphatic rings. The van der Waals surface area contributed by atoms with Crippen LogP contribution in [0, 0.1) is 5.92 Å². The van der Waals surface area contributed by atoms with Crippen LogP contribution >= 0.6 is 0 Å². The van der Waals surface area contributed by atoms with Gasteiger partial charge in [-0.1, -0.05) is 0 Å². The number of nitrogens with zero attached hydrogens (tertiary/aromatic N) is 1. The number of likely N-dealkylation sites (N-methyl/N-ethyl adjacent to an activating group) is 1. The maximum absolute atomic E-state index is 5.93. The van der Waals surface area contributed by atoms with E-state index in [9.17, 15) is 0 Å². The minimum atomic E-state index is 0.0134. The third-order valence-corrected chi connectivity index (χ3v) is 3.66. The summed E-state index contributed by atoms with van der Waals surface area (Å²) in [4.78, 5) is 2.56. The van der Waals surface area contributed by atoms with Crippen molar-refractivity contribution >= 4 is 0 Å². The smallest absolute Gasteiger partial charge is 0.0757 e. The average molecular weight is 226 g/mol. The van der Waals surface area contributed by atoms with Gasteiger partial charge in [-0.15, -0.1) is 0 Å². The van der Waals surface area contributed by atoms with Crippen molar-refractivity contribution in [3.05, 3.63) is 0 Å². The quantitative estimate of drug-likeness (QED) is 0.786. The van der Waals surface area contributed by atoms with Crippen LogP contribution in [0.15, 0.2) is 0 Å². The van der Waals surface area contributed by atoms with Gasteiger partial charge < -0.3 is 10.1 Å². The predicted octanol–water partition coefficient (Wildman–Crippen LogP) is 1.48. The monoisotopic (exact) mass is 226 g/mol. The molecule has 2 rings (SSSR count). The Morgan fingerprint density at radius 1 is 1.44 bits per heavy atom. The van der Waals surface area contributed by atoms with Crippen molar-refractivity contribution in [2.24, 2.45) is 5.92 Å². The molecule has 0 aromatic carbocycles. The molecule has 2 fully saturated rings. The van der Waals surface area contributed by atoms with Crippen LogP contribution in [0.2, 0.25) is 0 Å². The maximum atomic E-state index is 5.93. The zero-order valence-electron chi connectivity index (χ0n) is 11.1. The van der Waals surface area contributed by atoms with Crippen molar-refractivity contribution in [3.8, 4) is 0 Å². The van der Waals surface area contributed by atoms with E-state index in [1.807, 2.05) is 0 Å². The molecule has 0 spiro atoms. The predicted molar refractivity (Wildman–Crippen MR) is 66.6 cm³/mol. The molecule has 2 atom stereocenters. The molecule has 1 aliphatic heterocycles. The second kappa shape index (κ2) is 4.63. The first kappa shape index (κ1) is 12.3. The lowest BCUT2D eigenvalue weighted by atomic mass is 10.0. The Morgan fingerprint density at radius 3 is 2.62 bits per heavy atom. The van der Waals surface area contributed by atoms with Crippen molar-refractivity contribution in [1.29, 1.82) is 0 Å². The van der Waals surface area contributed by atoms with Gasteiger partial charge in [0.05, 0.1) is 11.7 Å². The van der Waals surface area contributed by atoms with Gasteiger partial charge in [0.15, 0.2) is 0 Å². The Hall–Kier alpha value is -0.120. The summed E-state index contributed by atoms with van der Waals surface area (Å²) < 4.78 is 5.93. The number of ether oxygens (including phenoxy) is 1. The Kier molecular flexibility index (Phi) is 3.57. The first-order chi connectivity index (χ1) is 7.50. The van der Waals surface area contributed by atoms with Gasteiger partial charge in [0.25, 0.3) is 0 Å². The molecule has 0 radical (unpaired) electrons. The fraction of sp³-hybridized carbons (Fsp3) is 1.00. The third kappa shape index (κ3) is 3.19. The van der Waals surface area contributed by atoms with Gasteiger partial charge in [-0.05, 0) is 46.6 Å². The molecule has 0 aromatic heterocycles. The topological polar surface area (TPSA) is 24.5 Å². The highest BCUT2D eigenvalue weighted by Crippen LogP contribution is 2.33.